The molecule has 0 radical (unpaired) electrons. The zero-order valence-corrected chi connectivity index (χ0v) is 11.7. The molecule has 1 unspecified atom stereocenters. The zero-order chi connectivity index (χ0) is 13.7. The third-order valence-electron chi connectivity index (χ3n) is 2.96. The summed E-state index contributed by atoms with van der Waals surface area (Å²) in [6.45, 7) is 2.25. The fourth-order valence-corrected chi connectivity index (χ4v) is 2.59. The summed E-state index contributed by atoms with van der Waals surface area (Å²) in [5, 5.41) is 2.84. The minimum Gasteiger partial charge on any atom is -0.481 e. The molecule has 0 spiro atoms. The van der Waals surface area contributed by atoms with Gasteiger partial charge in [0.15, 0.2) is 0 Å². The van der Waals surface area contributed by atoms with E-state index in [4.69, 9.17) is 15.9 Å². The Kier molecular flexibility index (Phi) is 4.20. The van der Waals surface area contributed by atoms with E-state index in [1.165, 1.54) is 0 Å². The number of methoxy groups -OCH3 is 1. The van der Waals surface area contributed by atoms with E-state index in [-0.39, 0.29) is 6.61 Å². The molecule has 0 amide bonds. The van der Waals surface area contributed by atoms with Crippen LogP contribution < -0.4 is 4.74 Å². The van der Waals surface area contributed by atoms with Gasteiger partial charge in [0.2, 0.25) is 0 Å². The second kappa shape index (κ2) is 5.87. The predicted molar refractivity (Wildman–Crippen MR) is 76.3 cm³/mol. The molecule has 1 aromatic carbocycles. The highest BCUT2D eigenvalue weighted by molar-refractivity contribution is 7.09. The summed E-state index contributed by atoms with van der Waals surface area (Å²) in [6.07, 6.45) is 6.97. The highest BCUT2D eigenvalue weighted by Gasteiger charge is 2.31. The maximum Gasteiger partial charge on any atom is 0.148 e. The van der Waals surface area contributed by atoms with Crippen LogP contribution in [0.5, 0.6) is 5.75 Å². The maximum absolute atomic E-state index is 5.68. The molecule has 0 aliphatic carbocycles. The van der Waals surface area contributed by atoms with Crippen LogP contribution in [0.25, 0.3) is 0 Å². The fraction of sp³-hybridized carbons (Fsp3) is 0.267. The number of benzene rings is 1. The number of hydrogen-bond acceptors (Lipinski definition) is 4. The normalized spacial score (nSPS) is 13.5. The molecular weight excluding hydrogens is 258 g/mol. The van der Waals surface area contributed by atoms with E-state index >= 15 is 0 Å². The summed E-state index contributed by atoms with van der Waals surface area (Å²) >= 11 is 1.56. The van der Waals surface area contributed by atoms with Gasteiger partial charge in [0, 0.05) is 18.7 Å². The standard InChI is InChI=1S/C15H15NO2S/c1-4-9-18-13-7-5-6-12(11-13)15(2,17-3)14-16-8-10-19-14/h1,5-8,10-11H,9H2,2-3H3. The van der Waals surface area contributed by atoms with Gasteiger partial charge in [-0.2, -0.15) is 0 Å². The van der Waals surface area contributed by atoms with Crippen LogP contribution in [0.4, 0.5) is 0 Å². The Morgan fingerprint density at radius 1 is 1.47 bits per heavy atom. The molecule has 2 rings (SSSR count). The van der Waals surface area contributed by atoms with Gasteiger partial charge in [-0.25, -0.2) is 4.98 Å². The van der Waals surface area contributed by atoms with Crippen molar-refractivity contribution >= 4 is 11.3 Å². The third-order valence-corrected chi connectivity index (χ3v) is 3.93. The number of rotatable bonds is 5. The van der Waals surface area contributed by atoms with Crippen LogP contribution in [0.2, 0.25) is 0 Å². The minimum absolute atomic E-state index is 0.254. The Bertz CT molecular complexity index is 574. The summed E-state index contributed by atoms with van der Waals surface area (Å²) in [4.78, 5) is 4.35. The summed E-state index contributed by atoms with van der Waals surface area (Å²) in [7, 11) is 1.68. The fourth-order valence-electron chi connectivity index (χ4n) is 1.80. The summed E-state index contributed by atoms with van der Waals surface area (Å²) in [5.74, 6) is 3.18. The molecule has 0 saturated carbocycles. The Hall–Kier alpha value is -1.83. The van der Waals surface area contributed by atoms with Crippen molar-refractivity contribution in [1.82, 2.24) is 4.98 Å². The van der Waals surface area contributed by atoms with Gasteiger partial charge in [0.1, 0.15) is 23.0 Å². The average molecular weight is 273 g/mol. The van der Waals surface area contributed by atoms with Crippen LogP contribution in [-0.4, -0.2) is 18.7 Å². The van der Waals surface area contributed by atoms with Crippen molar-refractivity contribution in [3.05, 3.63) is 46.4 Å². The van der Waals surface area contributed by atoms with Crippen LogP contribution in [-0.2, 0) is 10.3 Å². The predicted octanol–water partition coefficient (Wildman–Crippen LogP) is 3.07. The van der Waals surface area contributed by atoms with Gasteiger partial charge in [-0.15, -0.1) is 17.8 Å². The van der Waals surface area contributed by atoms with E-state index in [0.717, 1.165) is 16.3 Å². The van der Waals surface area contributed by atoms with Crippen molar-refractivity contribution in [3.8, 4) is 18.1 Å². The molecule has 0 bridgehead atoms. The van der Waals surface area contributed by atoms with Crippen molar-refractivity contribution in [2.45, 2.75) is 12.5 Å². The van der Waals surface area contributed by atoms with Gasteiger partial charge >= 0.3 is 0 Å². The minimum atomic E-state index is -0.580. The molecule has 4 heteroatoms. The monoisotopic (exact) mass is 273 g/mol. The van der Waals surface area contributed by atoms with E-state index in [1.807, 2.05) is 36.6 Å². The number of terminal acetylenes is 1. The Morgan fingerprint density at radius 2 is 2.32 bits per heavy atom. The lowest BCUT2D eigenvalue weighted by molar-refractivity contribution is 0.0387. The summed E-state index contributed by atoms with van der Waals surface area (Å²) in [6, 6.07) is 7.72. The topological polar surface area (TPSA) is 31.4 Å². The van der Waals surface area contributed by atoms with Crippen LogP contribution in [0.3, 0.4) is 0 Å². The Labute approximate surface area is 117 Å². The number of aromatic nitrogens is 1. The van der Waals surface area contributed by atoms with E-state index in [0.29, 0.717) is 0 Å². The SMILES string of the molecule is C#CCOc1cccc(C(C)(OC)c2nccs2)c1. The van der Waals surface area contributed by atoms with Crippen LogP contribution in [0.15, 0.2) is 35.8 Å². The lowest BCUT2D eigenvalue weighted by Crippen LogP contribution is -2.25. The average Bonchev–Trinajstić information content (AvgIpc) is 2.99. The maximum atomic E-state index is 5.68. The van der Waals surface area contributed by atoms with Gasteiger partial charge in [-0.3, -0.25) is 0 Å². The van der Waals surface area contributed by atoms with Crippen molar-refractivity contribution in [2.24, 2.45) is 0 Å². The molecule has 0 aliphatic heterocycles. The molecule has 0 aliphatic rings. The molecule has 98 valence electrons. The van der Waals surface area contributed by atoms with Crippen molar-refractivity contribution in [1.29, 1.82) is 0 Å². The molecule has 2 aromatic rings. The number of hydrogen-bond donors (Lipinski definition) is 0. The van der Waals surface area contributed by atoms with Crippen molar-refractivity contribution in [2.75, 3.05) is 13.7 Å². The molecule has 19 heavy (non-hydrogen) atoms. The van der Waals surface area contributed by atoms with Crippen LogP contribution in [0.1, 0.15) is 17.5 Å². The first kappa shape index (κ1) is 13.6. The lowest BCUT2D eigenvalue weighted by Gasteiger charge is -2.26. The molecule has 0 saturated heterocycles. The number of ether oxygens (including phenoxy) is 2. The zero-order valence-electron chi connectivity index (χ0n) is 10.9. The van der Waals surface area contributed by atoms with Gasteiger partial charge in [0.05, 0.1) is 0 Å². The molecule has 1 atom stereocenters. The van der Waals surface area contributed by atoms with E-state index in [9.17, 15) is 0 Å². The van der Waals surface area contributed by atoms with Gasteiger partial charge in [0.25, 0.3) is 0 Å². The first-order valence-electron chi connectivity index (χ1n) is 5.82. The molecule has 3 nitrogen and oxygen atoms in total. The molecule has 1 aromatic heterocycles. The van der Waals surface area contributed by atoms with Gasteiger partial charge in [-0.1, -0.05) is 18.1 Å². The Morgan fingerprint density at radius 3 is 2.95 bits per heavy atom. The van der Waals surface area contributed by atoms with Crippen LogP contribution >= 0.6 is 11.3 Å². The quantitative estimate of drug-likeness (QED) is 0.785. The van der Waals surface area contributed by atoms with Crippen LogP contribution in [0, 0.1) is 12.3 Å². The highest BCUT2D eigenvalue weighted by atomic mass is 32.1. The number of nitrogens with zero attached hydrogens (tertiary/aromatic N) is 1. The molecule has 0 fully saturated rings. The first-order valence-corrected chi connectivity index (χ1v) is 6.70. The van der Waals surface area contributed by atoms with Crippen molar-refractivity contribution < 1.29 is 9.47 Å². The summed E-state index contributed by atoms with van der Waals surface area (Å²) in [5.41, 5.74) is 0.406. The third kappa shape index (κ3) is 2.78. The second-order valence-corrected chi connectivity index (χ2v) is 4.99. The number of thiazole rings is 1. The lowest BCUT2D eigenvalue weighted by atomic mass is 9.96. The van der Waals surface area contributed by atoms with E-state index in [1.54, 1.807) is 24.6 Å². The van der Waals surface area contributed by atoms with E-state index < -0.39 is 5.60 Å². The smallest absolute Gasteiger partial charge is 0.148 e. The summed E-state index contributed by atoms with van der Waals surface area (Å²) < 4.78 is 11.1. The van der Waals surface area contributed by atoms with Gasteiger partial charge < -0.3 is 9.47 Å². The van der Waals surface area contributed by atoms with Crippen molar-refractivity contribution in [3.63, 3.8) is 0 Å². The van der Waals surface area contributed by atoms with E-state index in [2.05, 4.69) is 10.9 Å². The highest BCUT2D eigenvalue weighted by Crippen LogP contribution is 2.35. The molecular formula is C15H15NO2S. The van der Waals surface area contributed by atoms with Gasteiger partial charge in [-0.05, 0) is 24.6 Å². The Balaban J connectivity index is 2.36. The first-order chi connectivity index (χ1) is 9.20. The molecule has 1 heterocycles. The largest absolute Gasteiger partial charge is 0.481 e. The molecule has 0 N–H and O–H groups in total. The second-order valence-electron chi connectivity index (χ2n) is 4.10.